The number of imidazole rings is 1. The maximum absolute atomic E-state index is 8.52. The van der Waals surface area contributed by atoms with E-state index in [1.54, 1.807) is 0 Å². The van der Waals surface area contributed by atoms with E-state index in [4.69, 9.17) is 9.84 Å². The molecule has 0 aliphatic carbocycles. The highest BCUT2D eigenvalue weighted by Gasteiger charge is 2.00. The van der Waals surface area contributed by atoms with Gasteiger partial charge in [-0.2, -0.15) is 0 Å². The molecule has 80 valence electrons. The fourth-order valence-corrected chi connectivity index (χ4v) is 1.32. The third-order valence-corrected chi connectivity index (χ3v) is 1.99. The van der Waals surface area contributed by atoms with Crippen LogP contribution < -0.4 is 0 Å². The van der Waals surface area contributed by atoms with Crippen molar-refractivity contribution in [3.63, 3.8) is 0 Å². The molecule has 0 aliphatic heterocycles. The molecular formula is C10H18N2O2. The number of nitrogens with zero attached hydrogens (tertiary/aromatic N) is 2. The molecule has 14 heavy (non-hydrogen) atoms. The van der Waals surface area contributed by atoms with E-state index in [1.165, 1.54) is 0 Å². The Morgan fingerprint density at radius 2 is 2.36 bits per heavy atom. The first-order valence-electron chi connectivity index (χ1n) is 5.07. The van der Waals surface area contributed by atoms with Gasteiger partial charge in [-0.05, 0) is 6.42 Å². The third kappa shape index (κ3) is 3.47. The first-order valence-corrected chi connectivity index (χ1v) is 5.07. The summed E-state index contributed by atoms with van der Waals surface area (Å²) in [6.07, 6.45) is 5.89. The Bertz CT molecular complexity index is 248. The third-order valence-electron chi connectivity index (χ3n) is 1.99. The average molecular weight is 198 g/mol. The predicted molar refractivity (Wildman–Crippen MR) is 54.1 cm³/mol. The van der Waals surface area contributed by atoms with Crippen LogP contribution in [0, 0.1) is 0 Å². The summed E-state index contributed by atoms with van der Waals surface area (Å²) in [6.45, 7) is 4.09. The highest BCUT2D eigenvalue weighted by atomic mass is 16.5. The largest absolute Gasteiger partial charge is 0.394 e. The molecule has 0 radical (unpaired) electrons. The minimum absolute atomic E-state index is 0.0890. The van der Waals surface area contributed by atoms with Crippen LogP contribution in [0.2, 0.25) is 0 Å². The van der Waals surface area contributed by atoms with Crippen LogP contribution in [0.15, 0.2) is 12.4 Å². The first-order chi connectivity index (χ1) is 6.88. The normalized spacial score (nSPS) is 10.7. The minimum atomic E-state index is 0.0890. The Hall–Kier alpha value is -0.870. The summed E-state index contributed by atoms with van der Waals surface area (Å²) in [4.78, 5) is 4.26. The lowest BCUT2D eigenvalue weighted by atomic mass is 10.3. The van der Waals surface area contributed by atoms with Crippen molar-refractivity contribution in [1.29, 1.82) is 0 Å². The van der Waals surface area contributed by atoms with Crippen LogP contribution in [0.25, 0.3) is 0 Å². The van der Waals surface area contributed by atoms with E-state index in [2.05, 4.69) is 16.5 Å². The molecule has 0 spiro atoms. The Kier molecular flexibility index (Phi) is 5.25. The average Bonchev–Trinajstić information content (AvgIpc) is 2.61. The molecule has 0 saturated carbocycles. The number of aromatic nitrogens is 2. The topological polar surface area (TPSA) is 47.3 Å². The lowest BCUT2D eigenvalue weighted by molar-refractivity contribution is 0.0866. The van der Waals surface area contributed by atoms with Gasteiger partial charge < -0.3 is 14.4 Å². The van der Waals surface area contributed by atoms with E-state index in [-0.39, 0.29) is 6.61 Å². The molecule has 0 bridgehead atoms. The first kappa shape index (κ1) is 11.2. The molecule has 0 fully saturated rings. The fraction of sp³-hybridized carbons (Fsp3) is 0.700. The smallest absolute Gasteiger partial charge is 0.108 e. The van der Waals surface area contributed by atoms with Crippen molar-refractivity contribution >= 4 is 0 Å². The molecule has 0 aromatic carbocycles. The fourth-order valence-electron chi connectivity index (χ4n) is 1.32. The van der Waals surface area contributed by atoms with E-state index in [1.807, 2.05) is 12.4 Å². The van der Waals surface area contributed by atoms with Gasteiger partial charge in [0.2, 0.25) is 0 Å². The van der Waals surface area contributed by atoms with E-state index >= 15 is 0 Å². The van der Waals surface area contributed by atoms with Crippen LogP contribution in [0.3, 0.4) is 0 Å². The van der Waals surface area contributed by atoms with Crippen molar-refractivity contribution in [3.8, 4) is 0 Å². The molecule has 0 saturated heterocycles. The van der Waals surface area contributed by atoms with Gasteiger partial charge in [0, 0.05) is 25.4 Å². The number of hydrogen-bond acceptors (Lipinski definition) is 3. The van der Waals surface area contributed by atoms with Gasteiger partial charge in [0.25, 0.3) is 0 Å². The van der Waals surface area contributed by atoms with Crippen molar-refractivity contribution in [2.75, 3.05) is 19.8 Å². The quantitative estimate of drug-likeness (QED) is 0.660. The van der Waals surface area contributed by atoms with Gasteiger partial charge in [-0.3, -0.25) is 0 Å². The molecule has 1 N–H and O–H groups in total. The Balaban J connectivity index is 2.30. The van der Waals surface area contributed by atoms with E-state index in [9.17, 15) is 0 Å². The monoisotopic (exact) mass is 198 g/mol. The highest BCUT2D eigenvalue weighted by Crippen LogP contribution is 2.00. The van der Waals surface area contributed by atoms with Gasteiger partial charge in [-0.1, -0.05) is 6.92 Å². The maximum atomic E-state index is 8.52. The van der Waals surface area contributed by atoms with E-state index in [0.29, 0.717) is 13.2 Å². The molecule has 0 unspecified atom stereocenters. The molecule has 0 amide bonds. The second-order valence-electron chi connectivity index (χ2n) is 3.12. The minimum Gasteiger partial charge on any atom is -0.394 e. The van der Waals surface area contributed by atoms with Crippen LogP contribution in [0.5, 0.6) is 0 Å². The second kappa shape index (κ2) is 6.56. The summed E-state index contributed by atoms with van der Waals surface area (Å²) in [5, 5.41) is 8.52. The summed E-state index contributed by atoms with van der Waals surface area (Å²) < 4.78 is 7.29. The number of rotatable bonds is 7. The molecule has 4 nitrogen and oxygen atoms in total. The molecule has 4 heteroatoms. The number of hydrogen-bond donors (Lipinski definition) is 1. The lowest BCUT2D eigenvalue weighted by Gasteiger charge is -2.06. The zero-order valence-corrected chi connectivity index (χ0v) is 8.65. The Labute approximate surface area is 84.5 Å². The Morgan fingerprint density at radius 1 is 1.50 bits per heavy atom. The summed E-state index contributed by atoms with van der Waals surface area (Å²) in [5.74, 6) is 1.11. The molecule has 1 aromatic rings. The zero-order chi connectivity index (χ0) is 10.2. The van der Waals surface area contributed by atoms with Crippen molar-refractivity contribution in [3.05, 3.63) is 18.2 Å². The van der Waals surface area contributed by atoms with Crippen molar-refractivity contribution < 1.29 is 9.84 Å². The molecule has 1 heterocycles. The lowest BCUT2D eigenvalue weighted by Crippen LogP contribution is -2.10. The van der Waals surface area contributed by atoms with Crippen LogP contribution in [-0.2, 0) is 17.7 Å². The van der Waals surface area contributed by atoms with Crippen molar-refractivity contribution in [2.45, 2.75) is 26.3 Å². The summed E-state index contributed by atoms with van der Waals surface area (Å²) in [6, 6.07) is 0. The van der Waals surface area contributed by atoms with Gasteiger partial charge in [-0.15, -0.1) is 0 Å². The molecule has 1 rings (SSSR count). The van der Waals surface area contributed by atoms with Gasteiger partial charge in [-0.25, -0.2) is 4.98 Å². The van der Waals surface area contributed by atoms with Crippen molar-refractivity contribution in [1.82, 2.24) is 9.55 Å². The van der Waals surface area contributed by atoms with Crippen LogP contribution in [-0.4, -0.2) is 34.5 Å². The van der Waals surface area contributed by atoms with E-state index in [0.717, 1.165) is 25.2 Å². The van der Waals surface area contributed by atoms with E-state index < -0.39 is 0 Å². The maximum Gasteiger partial charge on any atom is 0.108 e. The number of aryl methyl sites for hydroxylation is 1. The highest BCUT2D eigenvalue weighted by molar-refractivity contribution is 4.92. The summed E-state index contributed by atoms with van der Waals surface area (Å²) in [5.41, 5.74) is 0. The van der Waals surface area contributed by atoms with Crippen LogP contribution in [0.1, 0.15) is 19.2 Å². The number of ether oxygens (including phenoxy) is 1. The molecule has 0 aliphatic rings. The SMILES string of the molecule is CCCc1nccn1CCOCCO. The van der Waals surface area contributed by atoms with Gasteiger partial charge in [0.15, 0.2) is 0 Å². The zero-order valence-electron chi connectivity index (χ0n) is 8.65. The predicted octanol–water partition coefficient (Wildman–Crippen LogP) is 0.845. The van der Waals surface area contributed by atoms with Crippen LogP contribution >= 0.6 is 0 Å². The van der Waals surface area contributed by atoms with Crippen molar-refractivity contribution in [2.24, 2.45) is 0 Å². The number of aliphatic hydroxyl groups is 1. The standard InChI is InChI=1S/C10H18N2O2/c1-2-3-10-11-4-5-12(10)6-8-14-9-7-13/h4-5,13H,2-3,6-9H2,1H3. The Morgan fingerprint density at radius 3 is 3.07 bits per heavy atom. The summed E-state index contributed by atoms with van der Waals surface area (Å²) >= 11 is 0. The van der Waals surface area contributed by atoms with Gasteiger partial charge >= 0.3 is 0 Å². The van der Waals surface area contributed by atoms with Gasteiger partial charge in [0.1, 0.15) is 5.82 Å². The molecular weight excluding hydrogens is 180 g/mol. The molecule has 1 aromatic heterocycles. The summed E-state index contributed by atoms with van der Waals surface area (Å²) in [7, 11) is 0. The van der Waals surface area contributed by atoms with Gasteiger partial charge in [0.05, 0.1) is 19.8 Å². The number of aliphatic hydroxyl groups excluding tert-OH is 1. The molecule has 0 atom stereocenters. The second-order valence-corrected chi connectivity index (χ2v) is 3.12. The van der Waals surface area contributed by atoms with Crippen LogP contribution in [0.4, 0.5) is 0 Å².